The lowest BCUT2D eigenvalue weighted by molar-refractivity contribution is 0.0956. The first-order valence-electron chi connectivity index (χ1n) is 9.97. The number of carbonyl (C=O) groups is 1. The van der Waals surface area contributed by atoms with Crippen LogP contribution >= 0.6 is 0 Å². The highest BCUT2D eigenvalue weighted by atomic mass is 16.5. The van der Waals surface area contributed by atoms with Crippen LogP contribution in [0.25, 0.3) is 11.2 Å². The van der Waals surface area contributed by atoms with Gasteiger partial charge in [-0.1, -0.05) is 13.8 Å². The second kappa shape index (κ2) is 8.56. The standard InChI is InChI=1S/C21H27N5O4/c1-6-22-18(27)14-7-9-15(10-8-14)30-20-23-17-16(26(20)12-11-13(2)3)19(28)25(5)21(29)24(17)4/h7-10,13H,6,11-12H2,1-5H3,(H,22,27). The minimum absolute atomic E-state index is 0.160. The average Bonchev–Trinajstić information content (AvgIpc) is 3.08. The highest BCUT2D eigenvalue weighted by molar-refractivity contribution is 5.94. The first kappa shape index (κ1) is 21.4. The lowest BCUT2D eigenvalue weighted by Crippen LogP contribution is -2.37. The Bertz CT molecular complexity index is 1190. The molecule has 9 nitrogen and oxygen atoms in total. The van der Waals surface area contributed by atoms with E-state index in [1.807, 2.05) is 6.92 Å². The third-order valence-electron chi connectivity index (χ3n) is 4.91. The Balaban J connectivity index is 2.06. The molecule has 1 aromatic carbocycles. The predicted molar refractivity (Wildman–Crippen MR) is 114 cm³/mol. The number of rotatable bonds is 7. The lowest BCUT2D eigenvalue weighted by Gasteiger charge is -2.11. The molecule has 1 N–H and O–H groups in total. The largest absolute Gasteiger partial charge is 0.425 e. The third kappa shape index (κ3) is 4.00. The van der Waals surface area contributed by atoms with E-state index >= 15 is 0 Å². The number of amides is 1. The van der Waals surface area contributed by atoms with Gasteiger partial charge in [-0.15, -0.1) is 0 Å². The zero-order valence-corrected chi connectivity index (χ0v) is 17.9. The Morgan fingerprint density at radius 2 is 1.80 bits per heavy atom. The number of imidazole rings is 1. The fourth-order valence-corrected chi connectivity index (χ4v) is 3.14. The molecular formula is C21H27N5O4. The molecule has 0 saturated heterocycles. The number of hydrogen-bond donors (Lipinski definition) is 1. The maximum absolute atomic E-state index is 12.8. The number of aromatic nitrogens is 4. The molecule has 1 amide bonds. The van der Waals surface area contributed by atoms with Gasteiger partial charge in [0.05, 0.1) is 0 Å². The van der Waals surface area contributed by atoms with E-state index in [-0.39, 0.29) is 17.6 Å². The zero-order chi connectivity index (χ0) is 22.0. The van der Waals surface area contributed by atoms with Crippen LogP contribution in [0.2, 0.25) is 0 Å². The van der Waals surface area contributed by atoms with Crippen LogP contribution in [-0.4, -0.2) is 31.1 Å². The molecule has 9 heteroatoms. The van der Waals surface area contributed by atoms with Crippen molar-refractivity contribution in [2.24, 2.45) is 20.0 Å². The summed E-state index contributed by atoms with van der Waals surface area (Å²) >= 11 is 0. The number of nitrogens with one attached hydrogen (secondary N) is 1. The summed E-state index contributed by atoms with van der Waals surface area (Å²) in [7, 11) is 3.03. The number of carbonyl (C=O) groups excluding carboxylic acids is 1. The van der Waals surface area contributed by atoms with E-state index < -0.39 is 11.2 Å². The molecule has 0 fully saturated rings. The van der Waals surface area contributed by atoms with Crippen molar-refractivity contribution in [1.29, 1.82) is 0 Å². The van der Waals surface area contributed by atoms with E-state index in [0.717, 1.165) is 11.0 Å². The van der Waals surface area contributed by atoms with Crippen LogP contribution in [0.1, 0.15) is 37.6 Å². The van der Waals surface area contributed by atoms with Gasteiger partial charge in [0, 0.05) is 32.7 Å². The van der Waals surface area contributed by atoms with E-state index in [9.17, 15) is 14.4 Å². The normalized spacial score (nSPS) is 11.3. The molecule has 0 aliphatic heterocycles. The van der Waals surface area contributed by atoms with Gasteiger partial charge in [-0.3, -0.25) is 23.3 Å². The molecule has 0 radical (unpaired) electrons. The molecule has 3 aromatic rings. The third-order valence-corrected chi connectivity index (χ3v) is 4.91. The van der Waals surface area contributed by atoms with Crippen LogP contribution in [0.4, 0.5) is 0 Å². The molecule has 0 atom stereocenters. The zero-order valence-electron chi connectivity index (χ0n) is 17.9. The Kier molecular flexibility index (Phi) is 6.09. The maximum atomic E-state index is 12.8. The predicted octanol–water partition coefficient (Wildman–Crippen LogP) is 2.02. The monoisotopic (exact) mass is 413 g/mol. The molecule has 30 heavy (non-hydrogen) atoms. The second-order valence-corrected chi connectivity index (χ2v) is 7.59. The van der Waals surface area contributed by atoms with Crippen LogP contribution in [-0.2, 0) is 20.6 Å². The number of aryl methyl sites for hydroxylation is 2. The first-order valence-corrected chi connectivity index (χ1v) is 9.97. The van der Waals surface area contributed by atoms with Gasteiger partial charge in [-0.2, -0.15) is 4.98 Å². The van der Waals surface area contributed by atoms with Crippen molar-refractivity contribution < 1.29 is 9.53 Å². The maximum Gasteiger partial charge on any atom is 0.332 e. The fourth-order valence-electron chi connectivity index (χ4n) is 3.14. The molecule has 0 bridgehead atoms. The minimum Gasteiger partial charge on any atom is -0.425 e. The van der Waals surface area contributed by atoms with Gasteiger partial charge < -0.3 is 10.1 Å². The number of fused-ring (bicyclic) bond motifs is 1. The Labute approximate surface area is 173 Å². The summed E-state index contributed by atoms with van der Waals surface area (Å²) < 4.78 is 10.1. The summed E-state index contributed by atoms with van der Waals surface area (Å²) in [5, 5.41) is 2.74. The topological polar surface area (TPSA) is 100 Å². The van der Waals surface area contributed by atoms with E-state index in [1.165, 1.54) is 11.6 Å². The highest BCUT2D eigenvalue weighted by Crippen LogP contribution is 2.25. The molecule has 0 unspecified atom stereocenters. The van der Waals surface area contributed by atoms with E-state index in [4.69, 9.17) is 4.74 Å². The number of nitrogens with zero attached hydrogens (tertiary/aromatic N) is 4. The fraction of sp³-hybridized carbons (Fsp3) is 0.429. The van der Waals surface area contributed by atoms with Gasteiger partial charge in [0.2, 0.25) is 0 Å². The van der Waals surface area contributed by atoms with Crippen molar-refractivity contribution in [2.45, 2.75) is 33.7 Å². The SMILES string of the molecule is CCNC(=O)c1ccc(Oc2nc3c(c(=O)n(C)c(=O)n3C)n2CCC(C)C)cc1. The molecular weight excluding hydrogens is 386 g/mol. The average molecular weight is 413 g/mol. The molecule has 160 valence electrons. The smallest absolute Gasteiger partial charge is 0.332 e. The van der Waals surface area contributed by atoms with Crippen molar-refractivity contribution in [3.05, 3.63) is 50.7 Å². The lowest BCUT2D eigenvalue weighted by atomic mass is 10.1. The minimum atomic E-state index is -0.446. The second-order valence-electron chi connectivity index (χ2n) is 7.59. The highest BCUT2D eigenvalue weighted by Gasteiger charge is 2.20. The van der Waals surface area contributed by atoms with Gasteiger partial charge >= 0.3 is 11.7 Å². The Morgan fingerprint density at radius 3 is 2.40 bits per heavy atom. The summed E-state index contributed by atoms with van der Waals surface area (Å²) in [4.78, 5) is 41.5. The summed E-state index contributed by atoms with van der Waals surface area (Å²) in [5.74, 6) is 0.723. The van der Waals surface area contributed by atoms with Crippen LogP contribution in [0, 0.1) is 5.92 Å². The van der Waals surface area contributed by atoms with Gasteiger partial charge in [0.15, 0.2) is 11.2 Å². The van der Waals surface area contributed by atoms with Crippen molar-refractivity contribution in [1.82, 2.24) is 24.0 Å². The van der Waals surface area contributed by atoms with Crippen LogP contribution in [0.15, 0.2) is 33.9 Å². The molecule has 0 saturated carbocycles. The summed E-state index contributed by atoms with van der Waals surface area (Å²) in [6.45, 7) is 7.11. The van der Waals surface area contributed by atoms with Crippen LogP contribution < -0.4 is 21.3 Å². The van der Waals surface area contributed by atoms with Crippen molar-refractivity contribution in [2.75, 3.05) is 6.54 Å². The number of benzene rings is 1. The molecule has 0 spiro atoms. The van der Waals surface area contributed by atoms with Crippen molar-refractivity contribution in [3.63, 3.8) is 0 Å². The Morgan fingerprint density at radius 1 is 1.13 bits per heavy atom. The number of ether oxygens (including phenoxy) is 1. The molecule has 0 aliphatic rings. The van der Waals surface area contributed by atoms with Crippen LogP contribution in [0.3, 0.4) is 0 Å². The van der Waals surface area contributed by atoms with Crippen molar-refractivity contribution >= 4 is 17.1 Å². The van der Waals surface area contributed by atoms with E-state index in [0.29, 0.717) is 35.8 Å². The molecule has 2 aromatic heterocycles. The summed E-state index contributed by atoms with van der Waals surface area (Å²) in [6.07, 6.45) is 0.809. The van der Waals surface area contributed by atoms with Gasteiger partial charge in [0.1, 0.15) is 5.75 Å². The first-order chi connectivity index (χ1) is 14.2. The Hall–Kier alpha value is -3.36. The molecule has 3 rings (SSSR count). The quantitative estimate of drug-likeness (QED) is 0.639. The van der Waals surface area contributed by atoms with Crippen molar-refractivity contribution in [3.8, 4) is 11.8 Å². The van der Waals surface area contributed by atoms with Crippen LogP contribution in [0.5, 0.6) is 11.8 Å². The van der Waals surface area contributed by atoms with Gasteiger partial charge in [-0.25, -0.2) is 4.79 Å². The van der Waals surface area contributed by atoms with Gasteiger partial charge in [0.25, 0.3) is 11.5 Å². The van der Waals surface area contributed by atoms with Gasteiger partial charge in [-0.05, 0) is 43.5 Å². The molecule has 2 heterocycles. The summed E-state index contributed by atoms with van der Waals surface area (Å²) in [5.41, 5.74) is 0.272. The van der Waals surface area contributed by atoms with E-state index in [1.54, 1.807) is 35.9 Å². The molecule has 0 aliphatic carbocycles. The van der Waals surface area contributed by atoms with E-state index in [2.05, 4.69) is 24.1 Å². The summed E-state index contributed by atoms with van der Waals surface area (Å²) in [6, 6.07) is 6.91. The number of hydrogen-bond acceptors (Lipinski definition) is 5.